The molecule has 0 radical (unpaired) electrons. The lowest BCUT2D eigenvalue weighted by molar-refractivity contribution is -0.114. The standard InChI is InChI=1S/C17H14N2O/c1-13(20)19-17-9-7-14(8-10-17)11-16(12-18)15-5-3-2-4-6-15/h2-11H,1H3,(H,19,20)/b16-11-. The van der Waals surface area contributed by atoms with E-state index in [-0.39, 0.29) is 5.91 Å². The Morgan fingerprint density at radius 2 is 1.75 bits per heavy atom. The summed E-state index contributed by atoms with van der Waals surface area (Å²) < 4.78 is 0. The smallest absolute Gasteiger partial charge is 0.221 e. The van der Waals surface area contributed by atoms with Gasteiger partial charge in [-0.1, -0.05) is 42.5 Å². The van der Waals surface area contributed by atoms with Crippen molar-refractivity contribution in [2.24, 2.45) is 0 Å². The molecule has 3 heteroatoms. The Bertz CT molecular complexity index is 664. The monoisotopic (exact) mass is 262 g/mol. The number of nitriles is 1. The molecule has 0 unspecified atom stereocenters. The Labute approximate surface area is 118 Å². The third-order valence-electron chi connectivity index (χ3n) is 2.75. The zero-order valence-electron chi connectivity index (χ0n) is 11.1. The van der Waals surface area contributed by atoms with Crippen molar-refractivity contribution in [3.63, 3.8) is 0 Å². The van der Waals surface area contributed by atoms with Crippen molar-refractivity contribution in [2.75, 3.05) is 5.32 Å². The first kappa shape index (κ1) is 13.6. The zero-order chi connectivity index (χ0) is 14.4. The molecule has 20 heavy (non-hydrogen) atoms. The highest BCUT2D eigenvalue weighted by molar-refractivity contribution is 5.91. The van der Waals surface area contributed by atoms with Crippen molar-refractivity contribution in [3.05, 3.63) is 65.7 Å². The molecule has 0 saturated carbocycles. The summed E-state index contributed by atoms with van der Waals surface area (Å²) in [6.07, 6.45) is 1.83. The first-order valence-electron chi connectivity index (χ1n) is 6.24. The molecule has 0 bridgehead atoms. The molecule has 3 nitrogen and oxygen atoms in total. The van der Waals surface area contributed by atoms with Crippen LogP contribution in [0.4, 0.5) is 5.69 Å². The van der Waals surface area contributed by atoms with Crippen LogP contribution in [0.1, 0.15) is 18.1 Å². The van der Waals surface area contributed by atoms with E-state index in [2.05, 4.69) is 11.4 Å². The van der Waals surface area contributed by atoms with Gasteiger partial charge in [-0.15, -0.1) is 0 Å². The van der Waals surface area contributed by atoms with Gasteiger partial charge in [0.1, 0.15) is 0 Å². The molecule has 0 saturated heterocycles. The van der Waals surface area contributed by atoms with Gasteiger partial charge in [0.05, 0.1) is 11.6 Å². The Kier molecular flexibility index (Phi) is 4.31. The van der Waals surface area contributed by atoms with Gasteiger partial charge in [0.2, 0.25) is 5.91 Å². The highest BCUT2D eigenvalue weighted by Gasteiger charge is 2.00. The summed E-state index contributed by atoms with van der Waals surface area (Å²) in [5, 5.41) is 11.9. The summed E-state index contributed by atoms with van der Waals surface area (Å²) in [7, 11) is 0. The average molecular weight is 262 g/mol. The fourth-order valence-electron chi connectivity index (χ4n) is 1.83. The quantitative estimate of drug-likeness (QED) is 0.677. The van der Waals surface area contributed by atoms with Crippen molar-refractivity contribution in [3.8, 4) is 6.07 Å². The summed E-state index contributed by atoms with van der Waals surface area (Å²) in [5.41, 5.74) is 3.16. The number of carbonyl (C=O) groups excluding carboxylic acids is 1. The summed E-state index contributed by atoms with van der Waals surface area (Å²) >= 11 is 0. The Balaban J connectivity index is 2.25. The van der Waals surface area contributed by atoms with Gasteiger partial charge in [0.15, 0.2) is 0 Å². The average Bonchev–Trinajstić information content (AvgIpc) is 2.47. The number of carbonyl (C=O) groups is 1. The summed E-state index contributed by atoms with van der Waals surface area (Å²) in [4.78, 5) is 10.9. The van der Waals surface area contributed by atoms with E-state index < -0.39 is 0 Å². The van der Waals surface area contributed by atoms with E-state index in [4.69, 9.17) is 0 Å². The van der Waals surface area contributed by atoms with Gasteiger partial charge in [0.25, 0.3) is 0 Å². The van der Waals surface area contributed by atoms with Crippen LogP contribution < -0.4 is 5.32 Å². The number of nitrogens with zero attached hydrogens (tertiary/aromatic N) is 1. The first-order valence-corrected chi connectivity index (χ1v) is 6.24. The molecule has 0 aliphatic carbocycles. The lowest BCUT2D eigenvalue weighted by Crippen LogP contribution is -2.05. The zero-order valence-corrected chi connectivity index (χ0v) is 11.1. The number of amides is 1. The van der Waals surface area contributed by atoms with Crippen LogP contribution in [0.2, 0.25) is 0 Å². The third kappa shape index (κ3) is 3.56. The van der Waals surface area contributed by atoms with Crippen molar-refractivity contribution in [1.82, 2.24) is 0 Å². The minimum absolute atomic E-state index is 0.102. The van der Waals surface area contributed by atoms with Gasteiger partial charge >= 0.3 is 0 Å². The van der Waals surface area contributed by atoms with Gasteiger partial charge in [0, 0.05) is 12.6 Å². The van der Waals surface area contributed by atoms with E-state index in [0.29, 0.717) is 5.57 Å². The van der Waals surface area contributed by atoms with Crippen LogP contribution in [0.5, 0.6) is 0 Å². The maximum Gasteiger partial charge on any atom is 0.221 e. The molecule has 2 rings (SSSR count). The number of hydrogen-bond acceptors (Lipinski definition) is 2. The minimum Gasteiger partial charge on any atom is -0.326 e. The Hall–Kier alpha value is -2.86. The van der Waals surface area contributed by atoms with Crippen molar-refractivity contribution >= 4 is 23.2 Å². The molecular weight excluding hydrogens is 248 g/mol. The SMILES string of the molecule is CC(=O)Nc1ccc(/C=C(/C#N)c2ccccc2)cc1. The van der Waals surface area contributed by atoms with Crippen LogP contribution >= 0.6 is 0 Å². The van der Waals surface area contributed by atoms with E-state index in [0.717, 1.165) is 16.8 Å². The topological polar surface area (TPSA) is 52.9 Å². The predicted molar refractivity (Wildman–Crippen MR) is 80.7 cm³/mol. The van der Waals surface area contributed by atoms with Crippen LogP contribution in [0.15, 0.2) is 54.6 Å². The molecule has 2 aromatic carbocycles. The minimum atomic E-state index is -0.102. The van der Waals surface area contributed by atoms with E-state index in [1.54, 1.807) is 0 Å². The highest BCUT2D eigenvalue weighted by atomic mass is 16.1. The molecule has 0 atom stereocenters. The van der Waals surface area contributed by atoms with Gasteiger partial charge in [-0.25, -0.2) is 0 Å². The van der Waals surface area contributed by atoms with Crippen LogP contribution in [-0.4, -0.2) is 5.91 Å². The lowest BCUT2D eigenvalue weighted by Gasteiger charge is -2.03. The number of benzene rings is 2. The lowest BCUT2D eigenvalue weighted by atomic mass is 10.0. The van der Waals surface area contributed by atoms with Gasteiger partial charge in [-0.3, -0.25) is 4.79 Å². The second-order valence-electron chi connectivity index (χ2n) is 4.34. The van der Waals surface area contributed by atoms with Gasteiger partial charge in [-0.05, 0) is 29.3 Å². The van der Waals surface area contributed by atoms with Crippen molar-refractivity contribution in [2.45, 2.75) is 6.92 Å². The molecule has 0 aliphatic heterocycles. The Morgan fingerprint density at radius 1 is 1.10 bits per heavy atom. The summed E-state index contributed by atoms with van der Waals surface area (Å²) in [5.74, 6) is -0.102. The number of anilines is 1. The van der Waals surface area contributed by atoms with Crippen LogP contribution in [-0.2, 0) is 4.79 Å². The third-order valence-corrected chi connectivity index (χ3v) is 2.75. The highest BCUT2D eigenvalue weighted by Crippen LogP contribution is 2.18. The fraction of sp³-hybridized carbons (Fsp3) is 0.0588. The molecule has 2 aromatic rings. The van der Waals surface area contributed by atoms with Crippen LogP contribution in [0.25, 0.3) is 11.6 Å². The van der Waals surface area contributed by atoms with Gasteiger partial charge in [-0.2, -0.15) is 5.26 Å². The molecule has 0 aliphatic rings. The number of allylic oxidation sites excluding steroid dienone is 1. The van der Waals surface area contributed by atoms with E-state index in [9.17, 15) is 10.1 Å². The Morgan fingerprint density at radius 3 is 2.30 bits per heavy atom. The fourth-order valence-corrected chi connectivity index (χ4v) is 1.83. The second-order valence-corrected chi connectivity index (χ2v) is 4.34. The van der Waals surface area contributed by atoms with Gasteiger partial charge < -0.3 is 5.32 Å². The number of nitrogens with one attached hydrogen (secondary N) is 1. The first-order chi connectivity index (χ1) is 9.69. The van der Waals surface area contributed by atoms with Crippen LogP contribution in [0, 0.1) is 11.3 Å². The molecule has 0 aromatic heterocycles. The number of rotatable bonds is 3. The van der Waals surface area contributed by atoms with E-state index in [1.165, 1.54) is 6.92 Å². The van der Waals surface area contributed by atoms with Crippen LogP contribution in [0.3, 0.4) is 0 Å². The maximum atomic E-state index is 10.9. The summed E-state index contributed by atoms with van der Waals surface area (Å²) in [6, 6.07) is 19.1. The molecule has 1 amide bonds. The molecule has 0 heterocycles. The molecule has 98 valence electrons. The van der Waals surface area contributed by atoms with E-state index >= 15 is 0 Å². The molecule has 1 N–H and O–H groups in total. The molecular formula is C17H14N2O. The normalized spacial score (nSPS) is 10.7. The molecule has 0 spiro atoms. The van der Waals surface area contributed by atoms with Crippen molar-refractivity contribution < 1.29 is 4.79 Å². The summed E-state index contributed by atoms with van der Waals surface area (Å²) in [6.45, 7) is 1.47. The predicted octanol–water partition coefficient (Wildman–Crippen LogP) is 3.71. The maximum absolute atomic E-state index is 10.9. The number of hydrogen-bond donors (Lipinski definition) is 1. The second kappa shape index (κ2) is 6.35. The van der Waals surface area contributed by atoms with E-state index in [1.807, 2.05) is 60.7 Å². The van der Waals surface area contributed by atoms with Crippen molar-refractivity contribution in [1.29, 1.82) is 5.26 Å². The molecule has 0 fully saturated rings. The largest absolute Gasteiger partial charge is 0.326 e.